The van der Waals surface area contributed by atoms with E-state index < -0.39 is 10.8 Å². The van der Waals surface area contributed by atoms with Crippen LogP contribution in [0.15, 0.2) is 6.33 Å². The zero-order chi connectivity index (χ0) is 10.6. The molecule has 5 nitrogen and oxygen atoms in total. The molecule has 6 heteroatoms. The molecule has 14 heavy (non-hydrogen) atoms. The van der Waals surface area contributed by atoms with E-state index >= 15 is 0 Å². The maximum Gasteiger partial charge on any atom is 0.139 e. The Morgan fingerprint density at radius 1 is 1.71 bits per heavy atom. The lowest BCUT2D eigenvalue weighted by Gasteiger charge is -2.08. The Hall–Kier alpha value is -0.750. The van der Waals surface area contributed by atoms with Gasteiger partial charge in [0.05, 0.1) is 5.75 Å². The highest BCUT2D eigenvalue weighted by molar-refractivity contribution is 7.84. The summed E-state index contributed by atoms with van der Waals surface area (Å²) in [5.74, 6) is 1.21. The fraction of sp³-hybridized carbons (Fsp3) is 0.750. The van der Waals surface area contributed by atoms with Crippen molar-refractivity contribution in [2.75, 3.05) is 6.54 Å². The normalized spacial score (nSPS) is 15.4. The molecule has 1 aromatic rings. The lowest BCUT2D eigenvalue weighted by Crippen LogP contribution is -2.23. The average molecular weight is 216 g/mol. The minimum absolute atomic E-state index is 0.0111. The molecule has 1 aromatic heterocycles. The number of nitrogens with zero attached hydrogens (tertiary/aromatic N) is 3. The molecule has 0 aliphatic carbocycles. The van der Waals surface area contributed by atoms with E-state index in [0.717, 1.165) is 12.4 Å². The summed E-state index contributed by atoms with van der Waals surface area (Å²) >= 11 is 0. The van der Waals surface area contributed by atoms with Gasteiger partial charge in [-0.05, 0) is 13.8 Å². The van der Waals surface area contributed by atoms with E-state index in [0.29, 0.717) is 12.3 Å². The first-order valence-corrected chi connectivity index (χ1v) is 6.01. The van der Waals surface area contributed by atoms with Crippen LogP contribution in [0.2, 0.25) is 0 Å². The van der Waals surface area contributed by atoms with Gasteiger partial charge in [-0.2, -0.15) is 5.10 Å². The van der Waals surface area contributed by atoms with Gasteiger partial charge in [-0.1, -0.05) is 0 Å². The van der Waals surface area contributed by atoms with Crippen LogP contribution < -0.4 is 5.73 Å². The molecule has 0 aromatic carbocycles. The number of hydrogen-bond donors (Lipinski definition) is 1. The topological polar surface area (TPSA) is 73.8 Å². The maximum absolute atomic E-state index is 11.7. The number of hydrogen-bond acceptors (Lipinski definition) is 4. The molecule has 1 heterocycles. The summed E-state index contributed by atoms with van der Waals surface area (Å²) in [6.07, 6.45) is 1.49. The van der Waals surface area contributed by atoms with Crippen LogP contribution >= 0.6 is 0 Å². The van der Waals surface area contributed by atoms with Crippen LogP contribution in [0.1, 0.15) is 19.7 Å². The molecule has 2 N–H and O–H groups in total. The molecule has 0 spiro atoms. The highest BCUT2D eigenvalue weighted by atomic mass is 32.2. The third-order valence-electron chi connectivity index (χ3n) is 2.05. The van der Waals surface area contributed by atoms with E-state index in [1.165, 1.54) is 6.33 Å². The first-order valence-electron chi connectivity index (χ1n) is 4.63. The predicted molar refractivity (Wildman–Crippen MR) is 56.1 cm³/mol. The molecule has 0 saturated heterocycles. The van der Waals surface area contributed by atoms with Crippen LogP contribution in [0, 0.1) is 0 Å². The summed E-state index contributed by atoms with van der Waals surface area (Å²) in [5, 5.41) is 4.02. The standard InChI is InChI=1S/C8H16N4OS/c1-3-12-8(10-6-11-12)5-14(13)7(2)4-9/h6-7H,3-5,9H2,1-2H3. The third kappa shape index (κ3) is 2.62. The van der Waals surface area contributed by atoms with Crippen molar-refractivity contribution < 1.29 is 4.21 Å². The second-order valence-electron chi connectivity index (χ2n) is 3.06. The summed E-state index contributed by atoms with van der Waals surface area (Å²) in [5.41, 5.74) is 5.44. The number of nitrogens with two attached hydrogens (primary N) is 1. The number of aryl methyl sites for hydroxylation is 1. The number of aromatic nitrogens is 3. The van der Waals surface area contributed by atoms with Gasteiger partial charge in [-0.25, -0.2) is 9.67 Å². The summed E-state index contributed by atoms with van der Waals surface area (Å²) < 4.78 is 13.4. The Morgan fingerprint density at radius 3 is 3.00 bits per heavy atom. The summed E-state index contributed by atoms with van der Waals surface area (Å²) in [4.78, 5) is 4.06. The Morgan fingerprint density at radius 2 is 2.43 bits per heavy atom. The van der Waals surface area contributed by atoms with Crippen LogP contribution in [-0.2, 0) is 23.1 Å². The smallest absolute Gasteiger partial charge is 0.139 e. The van der Waals surface area contributed by atoms with Crippen molar-refractivity contribution in [3.8, 4) is 0 Å². The molecule has 0 amide bonds. The van der Waals surface area contributed by atoms with Crippen LogP contribution in [-0.4, -0.2) is 30.8 Å². The molecule has 1 rings (SSSR count). The fourth-order valence-corrected chi connectivity index (χ4v) is 2.02. The van der Waals surface area contributed by atoms with Crippen molar-refractivity contribution in [2.45, 2.75) is 31.4 Å². The van der Waals surface area contributed by atoms with Gasteiger partial charge in [0.2, 0.25) is 0 Å². The minimum atomic E-state index is -0.954. The van der Waals surface area contributed by atoms with Gasteiger partial charge in [0.15, 0.2) is 0 Å². The van der Waals surface area contributed by atoms with Crippen molar-refractivity contribution in [1.29, 1.82) is 0 Å². The van der Waals surface area contributed by atoms with Gasteiger partial charge in [-0.3, -0.25) is 4.21 Å². The van der Waals surface area contributed by atoms with Gasteiger partial charge < -0.3 is 5.73 Å². The maximum atomic E-state index is 11.7. The molecule has 2 unspecified atom stereocenters. The second-order valence-corrected chi connectivity index (χ2v) is 4.92. The lowest BCUT2D eigenvalue weighted by molar-refractivity contribution is 0.625. The highest BCUT2D eigenvalue weighted by Crippen LogP contribution is 2.03. The molecule has 0 aliphatic rings. The summed E-state index contributed by atoms with van der Waals surface area (Å²) in [6, 6.07) is 0. The monoisotopic (exact) mass is 216 g/mol. The van der Waals surface area contributed by atoms with Crippen LogP contribution in [0.3, 0.4) is 0 Å². The zero-order valence-electron chi connectivity index (χ0n) is 8.51. The lowest BCUT2D eigenvalue weighted by atomic mass is 10.5. The molecule has 0 fully saturated rings. The van der Waals surface area contributed by atoms with E-state index in [9.17, 15) is 4.21 Å². The highest BCUT2D eigenvalue weighted by Gasteiger charge is 2.13. The van der Waals surface area contributed by atoms with Gasteiger partial charge in [0.25, 0.3) is 0 Å². The first kappa shape index (κ1) is 11.3. The molecular formula is C8H16N4OS. The van der Waals surface area contributed by atoms with Crippen LogP contribution in [0.5, 0.6) is 0 Å². The van der Waals surface area contributed by atoms with Crippen molar-refractivity contribution >= 4 is 10.8 Å². The van der Waals surface area contributed by atoms with Crippen molar-refractivity contribution in [1.82, 2.24) is 14.8 Å². The SMILES string of the molecule is CCn1ncnc1CS(=O)C(C)CN. The largest absolute Gasteiger partial charge is 0.329 e. The van der Waals surface area contributed by atoms with E-state index in [2.05, 4.69) is 10.1 Å². The Kier molecular flexibility index (Phi) is 4.21. The predicted octanol–water partition coefficient (Wildman–Crippen LogP) is -0.106. The molecule has 80 valence electrons. The van der Waals surface area contributed by atoms with Gasteiger partial charge in [0, 0.05) is 29.1 Å². The number of rotatable bonds is 5. The van der Waals surface area contributed by atoms with Gasteiger partial charge >= 0.3 is 0 Å². The Bertz CT molecular complexity index is 312. The molecule has 0 radical (unpaired) electrons. The van der Waals surface area contributed by atoms with E-state index in [4.69, 9.17) is 5.73 Å². The summed E-state index contributed by atoms with van der Waals surface area (Å²) in [7, 11) is -0.954. The minimum Gasteiger partial charge on any atom is -0.329 e. The average Bonchev–Trinajstić information content (AvgIpc) is 2.63. The van der Waals surface area contributed by atoms with Crippen molar-refractivity contribution in [3.63, 3.8) is 0 Å². The molecule has 0 aliphatic heterocycles. The van der Waals surface area contributed by atoms with Crippen LogP contribution in [0.25, 0.3) is 0 Å². The Balaban J connectivity index is 2.64. The molecule has 2 atom stereocenters. The van der Waals surface area contributed by atoms with Gasteiger partial charge in [0.1, 0.15) is 12.2 Å². The Labute approximate surface area is 86.2 Å². The van der Waals surface area contributed by atoms with Gasteiger partial charge in [-0.15, -0.1) is 0 Å². The van der Waals surface area contributed by atoms with E-state index in [1.807, 2.05) is 13.8 Å². The molecular weight excluding hydrogens is 200 g/mol. The fourth-order valence-electron chi connectivity index (χ4n) is 1.04. The molecule has 0 saturated carbocycles. The second kappa shape index (κ2) is 5.21. The molecule has 0 bridgehead atoms. The summed E-state index contributed by atoms with van der Waals surface area (Å²) in [6.45, 7) is 5.05. The quantitative estimate of drug-likeness (QED) is 0.745. The first-order chi connectivity index (χ1) is 6.69. The van der Waals surface area contributed by atoms with Crippen LogP contribution in [0.4, 0.5) is 0 Å². The van der Waals surface area contributed by atoms with Crippen molar-refractivity contribution in [2.24, 2.45) is 5.73 Å². The zero-order valence-corrected chi connectivity index (χ0v) is 9.33. The third-order valence-corrected chi connectivity index (χ3v) is 3.68. The van der Waals surface area contributed by atoms with Crippen molar-refractivity contribution in [3.05, 3.63) is 12.2 Å². The van der Waals surface area contributed by atoms with E-state index in [1.54, 1.807) is 4.68 Å². The van der Waals surface area contributed by atoms with E-state index in [-0.39, 0.29) is 5.25 Å².